The third kappa shape index (κ3) is 4.18. The molecule has 0 saturated carbocycles. The SMILES string of the molecule is Cn1ccnc1CN1CCN(Cc2cccnc2)CC(C(=O)O)C1. The third-order valence-electron chi connectivity index (χ3n) is 4.45. The minimum absolute atomic E-state index is 0.399. The predicted octanol–water partition coefficient (Wildman–Crippen LogP) is 0.834. The highest BCUT2D eigenvalue weighted by Crippen LogP contribution is 2.15. The molecule has 1 aliphatic rings. The molecule has 2 aromatic heterocycles. The highest BCUT2D eigenvalue weighted by Gasteiger charge is 2.28. The van der Waals surface area contributed by atoms with Crippen LogP contribution in [0.3, 0.4) is 0 Å². The Morgan fingerprint density at radius 2 is 2.00 bits per heavy atom. The molecular weight excluding hydrogens is 306 g/mol. The van der Waals surface area contributed by atoms with Crippen molar-refractivity contribution in [3.63, 3.8) is 0 Å². The van der Waals surface area contributed by atoms with Crippen LogP contribution in [0.2, 0.25) is 0 Å². The molecular formula is C17H23N5O2. The van der Waals surface area contributed by atoms with E-state index in [9.17, 15) is 9.90 Å². The number of hydrogen-bond acceptors (Lipinski definition) is 5. The van der Waals surface area contributed by atoms with E-state index in [2.05, 4.69) is 19.8 Å². The maximum absolute atomic E-state index is 11.6. The fourth-order valence-corrected chi connectivity index (χ4v) is 3.09. The van der Waals surface area contributed by atoms with Crippen molar-refractivity contribution in [2.75, 3.05) is 26.2 Å². The van der Waals surface area contributed by atoms with Gasteiger partial charge in [-0.05, 0) is 11.6 Å². The first-order chi connectivity index (χ1) is 11.6. The molecule has 0 amide bonds. The largest absolute Gasteiger partial charge is 0.481 e. The van der Waals surface area contributed by atoms with Gasteiger partial charge in [-0.3, -0.25) is 19.6 Å². The Balaban J connectivity index is 1.68. The highest BCUT2D eigenvalue weighted by atomic mass is 16.4. The van der Waals surface area contributed by atoms with Gasteiger partial charge in [0.05, 0.1) is 12.5 Å². The Morgan fingerprint density at radius 1 is 1.25 bits per heavy atom. The van der Waals surface area contributed by atoms with Crippen molar-refractivity contribution >= 4 is 5.97 Å². The molecule has 3 heterocycles. The van der Waals surface area contributed by atoms with E-state index in [4.69, 9.17) is 0 Å². The van der Waals surface area contributed by atoms with Gasteiger partial charge in [0.2, 0.25) is 0 Å². The summed E-state index contributed by atoms with van der Waals surface area (Å²) in [6, 6.07) is 3.94. The van der Waals surface area contributed by atoms with E-state index in [1.54, 1.807) is 12.4 Å². The average molecular weight is 329 g/mol. The van der Waals surface area contributed by atoms with E-state index in [-0.39, 0.29) is 0 Å². The van der Waals surface area contributed by atoms with Gasteiger partial charge < -0.3 is 9.67 Å². The van der Waals surface area contributed by atoms with Crippen molar-refractivity contribution in [1.29, 1.82) is 0 Å². The van der Waals surface area contributed by atoms with Crippen LogP contribution in [0.1, 0.15) is 11.4 Å². The molecule has 2 aromatic rings. The summed E-state index contributed by atoms with van der Waals surface area (Å²) in [5, 5.41) is 9.56. The number of pyridine rings is 1. The number of rotatable bonds is 5. The number of nitrogens with zero attached hydrogens (tertiary/aromatic N) is 5. The molecule has 0 aromatic carbocycles. The van der Waals surface area contributed by atoms with E-state index in [1.807, 2.05) is 36.1 Å². The van der Waals surface area contributed by atoms with E-state index < -0.39 is 11.9 Å². The maximum Gasteiger partial charge on any atom is 0.309 e. The van der Waals surface area contributed by atoms with Gasteiger partial charge in [-0.15, -0.1) is 0 Å². The predicted molar refractivity (Wildman–Crippen MR) is 89.1 cm³/mol. The Hall–Kier alpha value is -2.25. The van der Waals surface area contributed by atoms with Gasteiger partial charge >= 0.3 is 5.97 Å². The number of hydrogen-bond donors (Lipinski definition) is 1. The first kappa shape index (κ1) is 16.6. The number of aromatic nitrogens is 3. The molecule has 7 heteroatoms. The van der Waals surface area contributed by atoms with Crippen LogP contribution < -0.4 is 0 Å². The van der Waals surface area contributed by atoms with Crippen molar-refractivity contribution < 1.29 is 9.90 Å². The van der Waals surface area contributed by atoms with Crippen LogP contribution in [0.15, 0.2) is 36.9 Å². The highest BCUT2D eigenvalue weighted by molar-refractivity contribution is 5.70. The lowest BCUT2D eigenvalue weighted by Gasteiger charge is -2.21. The lowest BCUT2D eigenvalue weighted by Crippen LogP contribution is -2.34. The Bertz CT molecular complexity index is 673. The van der Waals surface area contributed by atoms with Gasteiger partial charge in [0.15, 0.2) is 0 Å². The Kier molecular flexibility index (Phi) is 5.22. The van der Waals surface area contributed by atoms with Gasteiger partial charge in [0.1, 0.15) is 5.82 Å². The molecule has 0 aliphatic carbocycles. The number of carboxylic acid groups (broad SMARTS) is 1. The number of aliphatic carboxylic acids is 1. The van der Waals surface area contributed by atoms with Gasteiger partial charge in [0.25, 0.3) is 0 Å². The molecule has 1 unspecified atom stereocenters. The summed E-state index contributed by atoms with van der Waals surface area (Å²) in [7, 11) is 1.96. The summed E-state index contributed by atoms with van der Waals surface area (Å²) in [4.78, 5) is 24.5. The van der Waals surface area contributed by atoms with Gasteiger partial charge in [-0.25, -0.2) is 4.98 Å². The molecule has 0 spiro atoms. The number of aryl methyl sites for hydroxylation is 1. The lowest BCUT2D eigenvalue weighted by atomic mass is 10.1. The van der Waals surface area contributed by atoms with Crippen molar-refractivity contribution in [3.05, 3.63) is 48.3 Å². The first-order valence-corrected chi connectivity index (χ1v) is 8.14. The van der Waals surface area contributed by atoms with E-state index >= 15 is 0 Å². The lowest BCUT2D eigenvalue weighted by molar-refractivity contribution is -0.142. The van der Waals surface area contributed by atoms with E-state index in [0.29, 0.717) is 19.6 Å². The summed E-state index contributed by atoms with van der Waals surface area (Å²) in [6.45, 7) is 4.18. The van der Waals surface area contributed by atoms with Crippen LogP contribution in [0.5, 0.6) is 0 Å². The van der Waals surface area contributed by atoms with Crippen LogP contribution in [0, 0.1) is 5.92 Å². The quantitative estimate of drug-likeness (QED) is 0.876. The minimum atomic E-state index is -0.738. The van der Waals surface area contributed by atoms with Gasteiger partial charge in [-0.1, -0.05) is 6.07 Å². The van der Waals surface area contributed by atoms with Gasteiger partial charge in [0, 0.05) is 64.6 Å². The second-order valence-corrected chi connectivity index (χ2v) is 6.32. The van der Waals surface area contributed by atoms with Crippen molar-refractivity contribution in [2.45, 2.75) is 13.1 Å². The first-order valence-electron chi connectivity index (χ1n) is 8.14. The van der Waals surface area contributed by atoms with Crippen LogP contribution in [-0.4, -0.2) is 61.6 Å². The number of imidazole rings is 1. The zero-order valence-electron chi connectivity index (χ0n) is 13.9. The summed E-state index contributed by atoms with van der Waals surface area (Å²) in [5.41, 5.74) is 1.11. The molecule has 24 heavy (non-hydrogen) atoms. The van der Waals surface area contributed by atoms with Gasteiger partial charge in [-0.2, -0.15) is 0 Å². The fourth-order valence-electron chi connectivity index (χ4n) is 3.09. The molecule has 0 radical (unpaired) electrons. The molecule has 1 saturated heterocycles. The number of carbonyl (C=O) groups is 1. The zero-order valence-corrected chi connectivity index (χ0v) is 13.9. The van der Waals surface area contributed by atoms with E-state index in [1.165, 1.54) is 0 Å². The monoisotopic (exact) mass is 329 g/mol. The van der Waals surface area contributed by atoms with Crippen molar-refractivity contribution in [2.24, 2.45) is 13.0 Å². The standard InChI is InChI=1S/C17H23N5O2/c1-20-6-5-19-16(20)13-22-8-7-21(11-15(12-22)17(23)24)10-14-3-2-4-18-9-14/h2-6,9,15H,7-8,10-13H2,1H3,(H,23,24). The molecule has 3 rings (SSSR count). The second kappa shape index (κ2) is 7.55. The Morgan fingerprint density at radius 3 is 2.58 bits per heavy atom. The van der Waals surface area contributed by atoms with Crippen LogP contribution in [0.25, 0.3) is 0 Å². The molecule has 1 fully saturated rings. The second-order valence-electron chi connectivity index (χ2n) is 6.32. The summed E-state index contributed by atoms with van der Waals surface area (Å²) in [6.07, 6.45) is 7.28. The van der Waals surface area contributed by atoms with Crippen LogP contribution >= 0.6 is 0 Å². The minimum Gasteiger partial charge on any atom is -0.481 e. The molecule has 0 bridgehead atoms. The fraction of sp³-hybridized carbons (Fsp3) is 0.471. The maximum atomic E-state index is 11.6. The van der Waals surface area contributed by atoms with Crippen molar-refractivity contribution in [1.82, 2.24) is 24.3 Å². The van der Waals surface area contributed by atoms with Crippen LogP contribution in [0.4, 0.5) is 0 Å². The number of carboxylic acids is 1. The van der Waals surface area contributed by atoms with Crippen LogP contribution in [-0.2, 0) is 24.9 Å². The molecule has 1 aliphatic heterocycles. The average Bonchev–Trinajstić information content (AvgIpc) is 2.85. The normalized spacial score (nSPS) is 20.0. The molecule has 128 valence electrons. The smallest absolute Gasteiger partial charge is 0.309 e. The molecule has 7 nitrogen and oxygen atoms in total. The van der Waals surface area contributed by atoms with Crippen molar-refractivity contribution in [3.8, 4) is 0 Å². The van der Waals surface area contributed by atoms with E-state index in [0.717, 1.165) is 31.0 Å². The topological polar surface area (TPSA) is 74.5 Å². The summed E-state index contributed by atoms with van der Waals surface area (Å²) < 4.78 is 1.98. The molecule has 1 atom stereocenters. The Labute approximate surface area is 141 Å². The third-order valence-corrected chi connectivity index (χ3v) is 4.45. The molecule has 1 N–H and O–H groups in total. The summed E-state index contributed by atoms with van der Waals surface area (Å²) >= 11 is 0. The summed E-state index contributed by atoms with van der Waals surface area (Å²) in [5.74, 6) is -0.179. The zero-order chi connectivity index (χ0) is 16.9.